The highest BCUT2D eigenvalue weighted by Crippen LogP contribution is 2.35. The summed E-state index contributed by atoms with van der Waals surface area (Å²) in [6.07, 6.45) is 0.785. The van der Waals surface area contributed by atoms with E-state index in [2.05, 4.69) is 12.1 Å². The fourth-order valence-electron chi connectivity index (χ4n) is 2.32. The number of rotatable bonds is 4. The Morgan fingerprint density at radius 1 is 1.10 bits per heavy atom. The van der Waals surface area contributed by atoms with Gasteiger partial charge in [-0.3, -0.25) is 0 Å². The van der Waals surface area contributed by atoms with Crippen LogP contribution in [0.15, 0.2) is 36.4 Å². The van der Waals surface area contributed by atoms with Gasteiger partial charge in [0.2, 0.25) is 0 Å². The molecule has 0 aliphatic carbocycles. The number of ether oxygens (including phenoxy) is 1. The van der Waals surface area contributed by atoms with Crippen LogP contribution in [0.1, 0.15) is 16.7 Å². The number of thioether (sulfide) groups is 1. The third kappa shape index (κ3) is 2.95. The van der Waals surface area contributed by atoms with Gasteiger partial charge < -0.3 is 10.5 Å². The summed E-state index contributed by atoms with van der Waals surface area (Å²) in [6, 6.07) is 12.0. The highest BCUT2D eigenvalue weighted by Gasteiger charge is 2.13. The van der Waals surface area contributed by atoms with E-state index in [-0.39, 0.29) is 0 Å². The summed E-state index contributed by atoms with van der Waals surface area (Å²) >= 11 is 8.00. The highest BCUT2D eigenvalue weighted by atomic mass is 35.5. The SMILES string of the molecule is NCCc1ccc(Cl)cc1Oc1ccc2c(c1)CSC2. The number of benzene rings is 2. The average molecular weight is 306 g/mol. The lowest BCUT2D eigenvalue weighted by Crippen LogP contribution is -2.04. The van der Waals surface area contributed by atoms with Crippen molar-refractivity contribution in [1.29, 1.82) is 0 Å². The van der Waals surface area contributed by atoms with E-state index in [4.69, 9.17) is 22.1 Å². The van der Waals surface area contributed by atoms with Crippen molar-refractivity contribution in [2.75, 3.05) is 6.54 Å². The molecule has 0 unspecified atom stereocenters. The van der Waals surface area contributed by atoms with Gasteiger partial charge in [-0.15, -0.1) is 0 Å². The van der Waals surface area contributed by atoms with Crippen molar-refractivity contribution >= 4 is 23.4 Å². The molecular formula is C16H16ClNOS. The Balaban J connectivity index is 1.88. The van der Waals surface area contributed by atoms with Crippen molar-refractivity contribution in [1.82, 2.24) is 0 Å². The third-order valence-electron chi connectivity index (χ3n) is 3.36. The van der Waals surface area contributed by atoms with E-state index < -0.39 is 0 Å². The third-order valence-corrected chi connectivity index (χ3v) is 4.63. The van der Waals surface area contributed by atoms with Gasteiger partial charge in [-0.25, -0.2) is 0 Å². The second-order valence-electron chi connectivity index (χ2n) is 4.82. The summed E-state index contributed by atoms with van der Waals surface area (Å²) in [6.45, 7) is 0.596. The Morgan fingerprint density at radius 3 is 2.80 bits per heavy atom. The number of halogens is 1. The first-order valence-electron chi connectivity index (χ1n) is 6.62. The normalized spacial score (nSPS) is 13.3. The predicted octanol–water partition coefficient (Wildman–Crippen LogP) is 4.38. The maximum atomic E-state index is 6.06. The van der Waals surface area contributed by atoms with Gasteiger partial charge in [-0.2, -0.15) is 11.8 Å². The van der Waals surface area contributed by atoms with Crippen LogP contribution in [0.3, 0.4) is 0 Å². The molecule has 4 heteroatoms. The highest BCUT2D eigenvalue weighted by molar-refractivity contribution is 7.98. The van der Waals surface area contributed by atoms with Gasteiger partial charge in [0.25, 0.3) is 0 Å². The second-order valence-corrected chi connectivity index (χ2v) is 6.24. The monoisotopic (exact) mass is 305 g/mol. The maximum Gasteiger partial charge on any atom is 0.132 e. The fourth-order valence-corrected chi connectivity index (χ4v) is 3.58. The molecule has 1 heterocycles. The molecule has 2 aromatic rings. The lowest BCUT2D eigenvalue weighted by atomic mass is 10.1. The molecule has 2 N–H and O–H groups in total. The van der Waals surface area contributed by atoms with Gasteiger partial charge in [0.15, 0.2) is 0 Å². The van der Waals surface area contributed by atoms with Gasteiger partial charge in [0.05, 0.1) is 0 Å². The first-order chi connectivity index (χ1) is 9.76. The van der Waals surface area contributed by atoms with Crippen molar-refractivity contribution in [2.24, 2.45) is 5.73 Å². The van der Waals surface area contributed by atoms with E-state index in [1.807, 2.05) is 36.0 Å². The van der Waals surface area contributed by atoms with Crippen molar-refractivity contribution in [2.45, 2.75) is 17.9 Å². The van der Waals surface area contributed by atoms with E-state index in [0.29, 0.717) is 11.6 Å². The summed E-state index contributed by atoms with van der Waals surface area (Å²) < 4.78 is 6.02. The zero-order valence-electron chi connectivity index (χ0n) is 11.1. The van der Waals surface area contributed by atoms with Gasteiger partial charge >= 0.3 is 0 Å². The minimum atomic E-state index is 0.596. The molecule has 0 saturated heterocycles. The lowest BCUT2D eigenvalue weighted by molar-refractivity contribution is 0.475. The minimum absolute atomic E-state index is 0.596. The van der Waals surface area contributed by atoms with Crippen LogP contribution in [-0.4, -0.2) is 6.54 Å². The van der Waals surface area contributed by atoms with E-state index >= 15 is 0 Å². The van der Waals surface area contributed by atoms with Crippen LogP contribution in [0.4, 0.5) is 0 Å². The predicted molar refractivity (Wildman–Crippen MR) is 85.7 cm³/mol. The molecule has 0 amide bonds. The molecule has 0 bridgehead atoms. The standard InChI is InChI=1S/C16H16ClNOS/c17-14-3-1-11(5-6-18)16(8-14)19-15-4-2-12-9-20-10-13(12)7-15/h1-4,7-8H,5-6,9-10,18H2. The molecule has 1 aliphatic heterocycles. The van der Waals surface area contributed by atoms with Crippen molar-refractivity contribution in [3.63, 3.8) is 0 Å². The Labute approximate surface area is 128 Å². The molecule has 0 radical (unpaired) electrons. The van der Waals surface area contributed by atoms with Crippen LogP contribution in [0, 0.1) is 0 Å². The van der Waals surface area contributed by atoms with Crippen LogP contribution in [-0.2, 0) is 17.9 Å². The first kappa shape index (κ1) is 13.8. The van der Waals surface area contributed by atoms with Crippen LogP contribution in [0.25, 0.3) is 0 Å². The van der Waals surface area contributed by atoms with Gasteiger partial charge in [0, 0.05) is 16.5 Å². The Morgan fingerprint density at radius 2 is 1.95 bits per heavy atom. The van der Waals surface area contributed by atoms with Crippen LogP contribution in [0.5, 0.6) is 11.5 Å². The van der Waals surface area contributed by atoms with E-state index in [1.54, 1.807) is 0 Å². The molecular weight excluding hydrogens is 290 g/mol. The van der Waals surface area contributed by atoms with Gasteiger partial charge in [-0.05, 0) is 53.9 Å². The fraction of sp³-hybridized carbons (Fsp3) is 0.250. The number of nitrogens with two attached hydrogens (primary N) is 1. The van der Waals surface area contributed by atoms with Crippen LogP contribution < -0.4 is 10.5 Å². The molecule has 2 aromatic carbocycles. The smallest absolute Gasteiger partial charge is 0.132 e. The molecule has 0 atom stereocenters. The zero-order chi connectivity index (χ0) is 13.9. The molecule has 104 valence electrons. The Hall–Kier alpha value is -1.16. The molecule has 0 spiro atoms. The zero-order valence-corrected chi connectivity index (χ0v) is 12.6. The maximum absolute atomic E-state index is 6.06. The summed E-state index contributed by atoms with van der Waals surface area (Å²) in [5.41, 5.74) is 9.52. The van der Waals surface area contributed by atoms with Gasteiger partial charge in [-0.1, -0.05) is 23.7 Å². The van der Waals surface area contributed by atoms with Crippen molar-refractivity contribution in [3.05, 3.63) is 58.1 Å². The summed E-state index contributed by atoms with van der Waals surface area (Å²) in [5, 5.41) is 0.678. The Kier molecular flexibility index (Phi) is 4.20. The summed E-state index contributed by atoms with van der Waals surface area (Å²) in [4.78, 5) is 0. The molecule has 2 nitrogen and oxygen atoms in total. The molecule has 0 aromatic heterocycles. The number of hydrogen-bond donors (Lipinski definition) is 1. The summed E-state index contributed by atoms with van der Waals surface area (Å²) in [5.74, 6) is 3.84. The number of fused-ring (bicyclic) bond motifs is 1. The van der Waals surface area contributed by atoms with E-state index in [9.17, 15) is 0 Å². The molecule has 0 fully saturated rings. The minimum Gasteiger partial charge on any atom is -0.457 e. The van der Waals surface area contributed by atoms with Crippen LogP contribution >= 0.6 is 23.4 Å². The van der Waals surface area contributed by atoms with Crippen LogP contribution in [0.2, 0.25) is 5.02 Å². The van der Waals surface area contributed by atoms with Crippen molar-refractivity contribution in [3.8, 4) is 11.5 Å². The molecule has 1 aliphatic rings. The quantitative estimate of drug-likeness (QED) is 0.910. The number of hydrogen-bond acceptors (Lipinski definition) is 3. The second kappa shape index (κ2) is 6.08. The molecule has 3 rings (SSSR count). The average Bonchev–Trinajstić information content (AvgIpc) is 2.89. The topological polar surface area (TPSA) is 35.2 Å². The first-order valence-corrected chi connectivity index (χ1v) is 8.15. The van der Waals surface area contributed by atoms with E-state index in [0.717, 1.165) is 35.0 Å². The lowest BCUT2D eigenvalue weighted by Gasteiger charge is -2.12. The Bertz CT molecular complexity index is 630. The van der Waals surface area contributed by atoms with Gasteiger partial charge in [0.1, 0.15) is 11.5 Å². The largest absolute Gasteiger partial charge is 0.457 e. The van der Waals surface area contributed by atoms with Crippen molar-refractivity contribution < 1.29 is 4.74 Å². The molecule has 0 saturated carbocycles. The van der Waals surface area contributed by atoms with E-state index in [1.165, 1.54) is 11.1 Å². The molecule has 20 heavy (non-hydrogen) atoms. The summed E-state index contributed by atoms with van der Waals surface area (Å²) in [7, 11) is 0.